The van der Waals surface area contributed by atoms with E-state index in [9.17, 15) is 9.18 Å². The lowest BCUT2D eigenvalue weighted by Gasteiger charge is -2.29. The Morgan fingerprint density at radius 2 is 2.19 bits per heavy atom. The largest absolute Gasteiger partial charge is 0.496 e. The smallest absolute Gasteiger partial charge is 0.317 e. The molecular formula is C21H26FN3O2. The second kappa shape index (κ2) is 7.94. The number of halogens is 1. The van der Waals surface area contributed by atoms with Crippen molar-refractivity contribution >= 4 is 6.03 Å². The van der Waals surface area contributed by atoms with E-state index >= 15 is 0 Å². The van der Waals surface area contributed by atoms with E-state index in [4.69, 9.17) is 4.74 Å². The summed E-state index contributed by atoms with van der Waals surface area (Å²) >= 11 is 0. The summed E-state index contributed by atoms with van der Waals surface area (Å²) in [5.74, 6) is 0.528. The van der Waals surface area contributed by atoms with Crippen LogP contribution in [0.15, 0.2) is 24.4 Å². The van der Waals surface area contributed by atoms with Crippen molar-refractivity contribution in [3.8, 4) is 5.75 Å². The third-order valence-corrected chi connectivity index (χ3v) is 5.20. The molecule has 27 heavy (non-hydrogen) atoms. The molecule has 1 aromatic heterocycles. The van der Waals surface area contributed by atoms with Crippen LogP contribution in [0, 0.1) is 19.7 Å². The highest BCUT2D eigenvalue weighted by Crippen LogP contribution is 2.30. The minimum Gasteiger partial charge on any atom is -0.496 e. The van der Waals surface area contributed by atoms with Gasteiger partial charge in [0.25, 0.3) is 0 Å². The number of carbonyl (C=O) groups is 1. The average Bonchev–Trinajstić information content (AvgIpc) is 2.65. The van der Waals surface area contributed by atoms with Gasteiger partial charge in [-0.05, 0) is 56.4 Å². The Morgan fingerprint density at radius 1 is 1.41 bits per heavy atom. The van der Waals surface area contributed by atoms with Crippen LogP contribution in [0.3, 0.4) is 0 Å². The van der Waals surface area contributed by atoms with Crippen LogP contribution in [0.25, 0.3) is 0 Å². The molecule has 1 aliphatic carbocycles. The van der Waals surface area contributed by atoms with Crippen LogP contribution in [0.5, 0.6) is 5.75 Å². The predicted octanol–water partition coefficient (Wildman–Crippen LogP) is 4.07. The third kappa shape index (κ3) is 4.04. The highest BCUT2D eigenvalue weighted by molar-refractivity contribution is 5.74. The van der Waals surface area contributed by atoms with Crippen molar-refractivity contribution in [2.75, 3.05) is 14.2 Å². The number of pyridine rings is 1. The summed E-state index contributed by atoms with van der Waals surface area (Å²) in [6, 6.07) is 4.47. The fourth-order valence-corrected chi connectivity index (χ4v) is 3.71. The Labute approximate surface area is 159 Å². The van der Waals surface area contributed by atoms with Gasteiger partial charge in [-0.1, -0.05) is 6.07 Å². The second-order valence-electron chi connectivity index (χ2n) is 7.14. The number of ether oxygens (including phenoxy) is 1. The van der Waals surface area contributed by atoms with Gasteiger partial charge in [-0.2, -0.15) is 0 Å². The number of carbonyl (C=O) groups excluding carboxylic acids is 1. The lowest BCUT2D eigenvalue weighted by molar-refractivity contribution is 0.200. The standard InChI is InChI=1S/C21H26FN3O2/c1-13-11-23-19(14(2)20(13)27-4)12-25(3)21(26)24-18-7-5-6-15-8-9-16(22)10-17(15)18/h8-11,18H,5-7,12H2,1-4H3,(H,24,26)/t18-/m0/s1. The van der Waals surface area contributed by atoms with E-state index in [-0.39, 0.29) is 17.9 Å². The molecule has 0 spiro atoms. The molecule has 144 valence electrons. The number of methoxy groups -OCH3 is 1. The lowest BCUT2D eigenvalue weighted by Crippen LogP contribution is -2.40. The van der Waals surface area contributed by atoms with Crippen LogP contribution in [-0.4, -0.2) is 30.1 Å². The van der Waals surface area contributed by atoms with Crippen molar-refractivity contribution in [1.82, 2.24) is 15.2 Å². The summed E-state index contributed by atoms with van der Waals surface area (Å²) in [6.45, 7) is 4.26. The summed E-state index contributed by atoms with van der Waals surface area (Å²) in [5.41, 5.74) is 4.69. The predicted molar refractivity (Wildman–Crippen MR) is 102 cm³/mol. The maximum Gasteiger partial charge on any atom is 0.317 e. The van der Waals surface area contributed by atoms with Crippen molar-refractivity contribution in [1.29, 1.82) is 0 Å². The van der Waals surface area contributed by atoms with Gasteiger partial charge in [-0.25, -0.2) is 9.18 Å². The molecule has 3 rings (SSSR count). The molecule has 1 N–H and O–H groups in total. The Balaban J connectivity index is 1.72. The molecule has 5 nitrogen and oxygen atoms in total. The number of benzene rings is 1. The summed E-state index contributed by atoms with van der Waals surface area (Å²) in [4.78, 5) is 18.8. The number of fused-ring (bicyclic) bond motifs is 1. The summed E-state index contributed by atoms with van der Waals surface area (Å²) in [5, 5.41) is 3.04. The molecule has 6 heteroatoms. The molecule has 1 aromatic carbocycles. The van der Waals surface area contributed by atoms with Crippen LogP contribution >= 0.6 is 0 Å². The van der Waals surface area contributed by atoms with Gasteiger partial charge >= 0.3 is 6.03 Å². The van der Waals surface area contributed by atoms with E-state index in [0.717, 1.165) is 53.0 Å². The van der Waals surface area contributed by atoms with E-state index in [2.05, 4.69) is 10.3 Å². The highest BCUT2D eigenvalue weighted by Gasteiger charge is 2.24. The first-order valence-electron chi connectivity index (χ1n) is 9.19. The molecule has 0 saturated heterocycles. The van der Waals surface area contributed by atoms with Gasteiger partial charge in [0.15, 0.2) is 0 Å². The molecule has 1 atom stereocenters. The molecule has 1 heterocycles. The second-order valence-corrected chi connectivity index (χ2v) is 7.14. The summed E-state index contributed by atoms with van der Waals surface area (Å²) in [7, 11) is 3.37. The Morgan fingerprint density at radius 3 is 2.93 bits per heavy atom. The van der Waals surface area contributed by atoms with Gasteiger partial charge in [0.1, 0.15) is 11.6 Å². The first-order chi connectivity index (χ1) is 12.9. The van der Waals surface area contributed by atoms with Crippen molar-refractivity contribution in [2.24, 2.45) is 0 Å². The number of rotatable bonds is 4. The monoisotopic (exact) mass is 371 g/mol. The molecule has 0 fully saturated rings. The molecule has 0 unspecified atom stereocenters. The average molecular weight is 371 g/mol. The maximum absolute atomic E-state index is 13.7. The Bertz CT molecular complexity index is 854. The van der Waals surface area contributed by atoms with Crippen molar-refractivity contribution in [2.45, 2.75) is 45.7 Å². The molecule has 0 saturated carbocycles. The number of amides is 2. The molecule has 1 aliphatic rings. The van der Waals surface area contributed by atoms with Crippen LogP contribution in [0.2, 0.25) is 0 Å². The maximum atomic E-state index is 13.7. The number of aryl methyl sites for hydroxylation is 2. The Hall–Kier alpha value is -2.63. The van der Waals surface area contributed by atoms with E-state index in [1.807, 2.05) is 19.9 Å². The molecule has 0 bridgehead atoms. The van der Waals surface area contributed by atoms with E-state index < -0.39 is 0 Å². The molecule has 0 radical (unpaired) electrons. The van der Waals surface area contributed by atoms with Gasteiger partial charge in [-0.15, -0.1) is 0 Å². The van der Waals surface area contributed by atoms with Gasteiger partial charge in [0.05, 0.1) is 25.4 Å². The fraction of sp³-hybridized carbons (Fsp3) is 0.429. The van der Waals surface area contributed by atoms with Crippen LogP contribution in [-0.2, 0) is 13.0 Å². The number of hydrogen-bond acceptors (Lipinski definition) is 3. The number of nitrogens with zero attached hydrogens (tertiary/aromatic N) is 2. The van der Waals surface area contributed by atoms with Gasteiger partial charge in [0.2, 0.25) is 0 Å². The van der Waals surface area contributed by atoms with E-state index in [0.29, 0.717) is 6.54 Å². The van der Waals surface area contributed by atoms with Crippen LogP contribution in [0.4, 0.5) is 9.18 Å². The zero-order valence-corrected chi connectivity index (χ0v) is 16.3. The molecule has 2 aromatic rings. The van der Waals surface area contributed by atoms with Crippen molar-refractivity contribution in [3.63, 3.8) is 0 Å². The molecule has 2 amide bonds. The first kappa shape index (κ1) is 19.1. The van der Waals surface area contributed by atoms with Crippen molar-refractivity contribution < 1.29 is 13.9 Å². The van der Waals surface area contributed by atoms with E-state index in [1.54, 1.807) is 25.3 Å². The number of urea groups is 1. The fourth-order valence-electron chi connectivity index (χ4n) is 3.71. The SMILES string of the molecule is COc1c(C)cnc(CN(C)C(=O)N[C@H]2CCCc3ccc(F)cc32)c1C. The summed E-state index contributed by atoms with van der Waals surface area (Å²) in [6.07, 6.45) is 4.46. The van der Waals surface area contributed by atoms with E-state index in [1.165, 1.54) is 12.1 Å². The Kier molecular flexibility index (Phi) is 5.63. The zero-order chi connectivity index (χ0) is 19.6. The zero-order valence-electron chi connectivity index (χ0n) is 16.3. The first-order valence-corrected chi connectivity index (χ1v) is 9.19. The summed E-state index contributed by atoms with van der Waals surface area (Å²) < 4.78 is 19.1. The topological polar surface area (TPSA) is 54.5 Å². The van der Waals surface area contributed by atoms with Gasteiger partial charge in [-0.3, -0.25) is 4.98 Å². The highest BCUT2D eigenvalue weighted by atomic mass is 19.1. The van der Waals surface area contributed by atoms with Gasteiger partial charge in [0, 0.05) is 24.4 Å². The lowest BCUT2D eigenvalue weighted by atomic mass is 9.87. The number of nitrogens with one attached hydrogen (secondary N) is 1. The minimum atomic E-state index is -0.269. The van der Waals surface area contributed by atoms with Gasteiger partial charge < -0.3 is 15.0 Å². The normalized spacial score (nSPS) is 15.8. The molecular weight excluding hydrogens is 345 g/mol. The number of aromatic nitrogens is 1. The molecule has 0 aliphatic heterocycles. The van der Waals surface area contributed by atoms with Crippen LogP contribution in [0.1, 0.15) is 46.8 Å². The third-order valence-electron chi connectivity index (χ3n) is 5.20. The minimum absolute atomic E-state index is 0.166. The quantitative estimate of drug-likeness (QED) is 0.882. The number of hydrogen-bond donors (Lipinski definition) is 1. The van der Waals surface area contributed by atoms with Crippen LogP contribution < -0.4 is 10.1 Å². The van der Waals surface area contributed by atoms with Crippen molar-refractivity contribution in [3.05, 3.63) is 58.2 Å².